The number of hydrazone groups is 1. The normalized spacial score (nSPS) is 12.4. The molecule has 0 bridgehead atoms. The quantitative estimate of drug-likeness (QED) is 0.476. The number of ether oxygens (including phenoxy) is 2. The van der Waals surface area contributed by atoms with Crippen LogP contribution in [0.1, 0.15) is 11.1 Å². The maximum Gasteiger partial charge on any atom is 0.231 e. The van der Waals surface area contributed by atoms with Crippen molar-refractivity contribution in [1.82, 2.24) is 10.7 Å². The molecule has 7 heteroatoms. The van der Waals surface area contributed by atoms with Crippen molar-refractivity contribution in [3.63, 3.8) is 0 Å². The van der Waals surface area contributed by atoms with Crippen LogP contribution < -0.4 is 20.2 Å². The standard InChI is InChI=1S/C16H14BrN3O2S/c17-13-7-15-14(21-10-22-15)6-12(13)9-19-20-16(23)18-8-11-4-2-1-3-5-11/h1-7,9H,8,10H2,(H2,18,20,23). The molecule has 0 radical (unpaired) electrons. The van der Waals surface area contributed by atoms with E-state index >= 15 is 0 Å². The molecule has 2 N–H and O–H groups in total. The van der Waals surface area contributed by atoms with Crippen LogP contribution in [0.25, 0.3) is 0 Å². The molecule has 3 rings (SSSR count). The Hall–Kier alpha value is -2.12. The summed E-state index contributed by atoms with van der Waals surface area (Å²) in [5.74, 6) is 1.43. The van der Waals surface area contributed by atoms with Gasteiger partial charge in [0.1, 0.15) is 0 Å². The molecule has 118 valence electrons. The topological polar surface area (TPSA) is 54.9 Å². The minimum absolute atomic E-state index is 0.244. The third-order valence-corrected chi connectivity index (χ3v) is 4.08. The van der Waals surface area contributed by atoms with Gasteiger partial charge < -0.3 is 14.8 Å². The Labute approximate surface area is 147 Å². The molecule has 23 heavy (non-hydrogen) atoms. The van der Waals surface area contributed by atoms with E-state index in [0.29, 0.717) is 17.4 Å². The molecular weight excluding hydrogens is 378 g/mol. The van der Waals surface area contributed by atoms with Crippen molar-refractivity contribution >= 4 is 39.5 Å². The summed E-state index contributed by atoms with van der Waals surface area (Å²) in [4.78, 5) is 0. The van der Waals surface area contributed by atoms with E-state index < -0.39 is 0 Å². The highest BCUT2D eigenvalue weighted by Gasteiger charge is 2.15. The molecule has 5 nitrogen and oxygen atoms in total. The van der Waals surface area contributed by atoms with Gasteiger partial charge in [0, 0.05) is 16.6 Å². The average molecular weight is 392 g/mol. The first kappa shape index (κ1) is 15.8. The van der Waals surface area contributed by atoms with Gasteiger partial charge in [-0.15, -0.1) is 0 Å². The van der Waals surface area contributed by atoms with Crippen molar-refractivity contribution in [2.75, 3.05) is 6.79 Å². The average Bonchev–Trinajstić information content (AvgIpc) is 3.01. The fraction of sp³-hybridized carbons (Fsp3) is 0.125. The largest absolute Gasteiger partial charge is 0.454 e. The number of rotatable bonds is 4. The van der Waals surface area contributed by atoms with Crippen LogP contribution in [-0.4, -0.2) is 18.1 Å². The third kappa shape index (κ3) is 4.20. The number of hydrogen-bond donors (Lipinski definition) is 2. The summed E-state index contributed by atoms with van der Waals surface area (Å²) in [6.45, 7) is 0.893. The number of halogens is 1. The van der Waals surface area contributed by atoms with Gasteiger partial charge in [-0.1, -0.05) is 30.3 Å². The first-order valence-corrected chi connectivity index (χ1v) is 8.12. The van der Waals surface area contributed by atoms with Crippen molar-refractivity contribution < 1.29 is 9.47 Å². The number of nitrogens with one attached hydrogen (secondary N) is 2. The molecule has 0 aliphatic carbocycles. The molecule has 1 aliphatic rings. The Balaban J connectivity index is 1.53. The van der Waals surface area contributed by atoms with Gasteiger partial charge in [0.2, 0.25) is 6.79 Å². The fourth-order valence-corrected chi connectivity index (χ4v) is 2.56. The summed E-state index contributed by atoms with van der Waals surface area (Å²) in [6, 6.07) is 13.7. The predicted molar refractivity (Wildman–Crippen MR) is 96.9 cm³/mol. The number of thiocarbonyl (C=S) groups is 1. The lowest BCUT2D eigenvalue weighted by Gasteiger charge is -2.07. The number of fused-ring (bicyclic) bond motifs is 1. The molecule has 0 atom stereocenters. The SMILES string of the molecule is S=C(NCc1ccccc1)NN=Cc1cc2c(cc1Br)OCO2. The second-order valence-corrected chi connectivity index (χ2v) is 6.03. The van der Waals surface area contributed by atoms with Gasteiger partial charge in [-0.2, -0.15) is 5.10 Å². The van der Waals surface area contributed by atoms with Gasteiger partial charge in [0.25, 0.3) is 0 Å². The monoisotopic (exact) mass is 391 g/mol. The minimum Gasteiger partial charge on any atom is -0.454 e. The molecule has 1 heterocycles. The maximum absolute atomic E-state index is 5.35. The summed E-state index contributed by atoms with van der Waals surface area (Å²) in [7, 11) is 0. The smallest absolute Gasteiger partial charge is 0.231 e. The van der Waals surface area contributed by atoms with E-state index in [1.807, 2.05) is 42.5 Å². The van der Waals surface area contributed by atoms with Gasteiger partial charge in [-0.05, 0) is 45.8 Å². The van der Waals surface area contributed by atoms with Gasteiger partial charge in [0.05, 0.1) is 6.21 Å². The van der Waals surface area contributed by atoms with E-state index in [0.717, 1.165) is 21.3 Å². The van der Waals surface area contributed by atoms with Crippen LogP contribution in [0, 0.1) is 0 Å². The van der Waals surface area contributed by atoms with Crippen LogP contribution in [0.2, 0.25) is 0 Å². The zero-order valence-electron chi connectivity index (χ0n) is 12.1. The van der Waals surface area contributed by atoms with E-state index in [2.05, 4.69) is 31.8 Å². The van der Waals surface area contributed by atoms with Crippen LogP contribution in [-0.2, 0) is 6.54 Å². The summed E-state index contributed by atoms with van der Waals surface area (Å²) < 4.78 is 11.5. The third-order valence-electron chi connectivity index (χ3n) is 3.16. The van der Waals surface area contributed by atoms with Crippen LogP contribution in [0.5, 0.6) is 11.5 Å². The highest BCUT2D eigenvalue weighted by atomic mass is 79.9. The zero-order chi connectivity index (χ0) is 16.1. The maximum atomic E-state index is 5.35. The number of benzene rings is 2. The van der Waals surface area contributed by atoms with Crippen LogP contribution in [0.15, 0.2) is 52.0 Å². The lowest BCUT2D eigenvalue weighted by atomic mass is 10.2. The summed E-state index contributed by atoms with van der Waals surface area (Å²) in [5.41, 5.74) is 4.81. The van der Waals surface area contributed by atoms with E-state index in [1.54, 1.807) is 6.21 Å². The molecule has 0 unspecified atom stereocenters. The van der Waals surface area contributed by atoms with Crippen LogP contribution in [0.4, 0.5) is 0 Å². The van der Waals surface area contributed by atoms with E-state index in [4.69, 9.17) is 21.7 Å². The van der Waals surface area contributed by atoms with Crippen molar-refractivity contribution in [3.05, 3.63) is 58.1 Å². The lowest BCUT2D eigenvalue weighted by Crippen LogP contribution is -2.31. The van der Waals surface area contributed by atoms with E-state index in [-0.39, 0.29) is 6.79 Å². The van der Waals surface area contributed by atoms with Crippen molar-refractivity contribution in [3.8, 4) is 11.5 Å². The molecular formula is C16H14BrN3O2S. The van der Waals surface area contributed by atoms with Crippen LogP contribution >= 0.6 is 28.1 Å². The first-order chi connectivity index (χ1) is 11.2. The molecule has 0 fully saturated rings. The molecule has 0 saturated heterocycles. The number of nitrogens with zero attached hydrogens (tertiary/aromatic N) is 1. The molecule has 0 saturated carbocycles. The Kier molecular flexibility index (Phi) is 5.09. The second-order valence-electron chi connectivity index (χ2n) is 4.77. The molecule has 2 aromatic rings. The first-order valence-electron chi connectivity index (χ1n) is 6.92. The summed E-state index contributed by atoms with van der Waals surface area (Å²) in [6.07, 6.45) is 1.67. The molecule has 0 amide bonds. The molecule has 1 aliphatic heterocycles. The molecule has 0 aromatic heterocycles. The Bertz CT molecular complexity index is 738. The highest BCUT2D eigenvalue weighted by Crippen LogP contribution is 2.36. The Morgan fingerprint density at radius 3 is 2.74 bits per heavy atom. The highest BCUT2D eigenvalue weighted by molar-refractivity contribution is 9.10. The second kappa shape index (κ2) is 7.43. The van der Waals surface area contributed by atoms with Crippen molar-refractivity contribution in [2.45, 2.75) is 6.54 Å². The van der Waals surface area contributed by atoms with E-state index in [9.17, 15) is 0 Å². The minimum atomic E-state index is 0.244. The Morgan fingerprint density at radius 1 is 1.22 bits per heavy atom. The predicted octanol–water partition coefficient (Wildman–Crippen LogP) is 3.18. The van der Waals surface area contributed by atoms with Crippen molar-refractivity contribution in [2.24, 2.45) is 5.10 Å². The Morgan fingerprint density at radius 2 is 1.96 bits per heavy atom. The zero-order valence-corrected chi connectivity index (χ0v) is 14.5. The lowest BCUT2D eigenvalue weighted by molar-refractivity contribution is 0.174. The van der Waals surface area contributed by atoms with Gasteiger partial charge >= 0.3 is 0 Å². The summed E-state index contributed by atoms with van der Waals surface area (Å²) >= 11 is 8.66. The van der Waals surface area contributed by atoms with E-state index in [1.165, 1.54) is 0 Å². The summed E-state index contributed by atoms with van der Waals surface area (Å²) in [5, 5.41) is 7.69. The fourth-order valence-electron chi connectivity index (χ4n) is 2.01. The van der Waals surface area contributed by atoms with Crippen LogP contribution in [0.3, 0.4) is 0 Å². The van der Waals surface area contributed by atoms with Crippen molar-refractivity contribution in [1.29, 1.82) is 0 Å². The number of hydrogen-bond acceptors (Lipinski definition) is 4. The van der Waals surface area contributed by atoms with Gasteiger partial charge in [-0.25, -0.2) is 0 Å². The van der Waals surface area contributed by atoms with Gasteiger partial charge in [-0.3, -0.25) is 5.43 Å². The molecule has 0 spiro atoms. The molecule has 2 aromatic carbocycles. The van der Waals surface area contributed by atoms with Gasteiger partial charge in [0.15, 0.2) is 16.6 Å².